The van der Waals surface area contributed by atoms with E-state index in [0.717, 1.165) is 29.5 Å². The lowest BCUT2D eigenvalue weighted by Crippen LogP contribution is -2.45. The number of carbonyl (C=O) groups excluding carboxylic acids is 2. The Balaban J connectivity index is 1.35. The molecular formula is C32H31FN2O4. The fraction of sp³-hybridized carbons (Fsp3) is 0.250. The molecule has 200 valence electrons. The molecule has 1 unspecified atom stereocenters. The van der Waals surface area contributed by atoms with Gasteiger partial charge in [0.2, 0.25) is 5.91 Å². The molecule has 5 rings (SSSR count). The van der Waals surface area contributed by atoms with Gasteiger partial charge in [0.1, 0.15) is 18.1 Å². The van der Waals surface area contributed by atoms with Crippen LogP contribution in [0.3, 0.4) is 0 Å². The second-order valence-electron chi connectivity index (χ2n) is 9.72. The third-order valence-electron chi connectivity index (χ3n) is 6.87. The minimum atomic E-state index is -0.339. The molecule has 0 bridgehead atoms. The molecule has 4 aromatic rings. The summed E-state index contributed by atoms with van der Waals surface area (Å²) in [5.41, 5.74) is 3.37. The highest BCUT2D eigenvalue weighted by Crippen LogP contribution is 2.21. The normalized spacial score (nSPS) is 14.7. The van der Waals surface area contributed by atoms with Gasteiger partial charge in [-0.2, -0.15) is 0 Å². The zero-order valence-corrected chi connectivity index (χ0v) is 21.7. The minimum Gasteiger partial charge on any atom is -0.467 e. The molecule has 2 heterocycles. The van der Waals surface area contributed by atoms with E-state index >= 15 is 0 Å². The number of rotatable bonds is 10. The summed E-state index contributed by atoms with van der Waals surface area (Å²) in [4.78, 5) is 30.6. The fourth-order valence-electron chi connectivity index (χ4n) is 4.77. The van der Waals surface area contributed by atoms with Gasteiger partial charge in [0.15, 0.2) is 0 Å². The summed E-state index contributed by atoms with van der Waals surface area (Å²) in [7, 11) is 0. The lowest BCUT2D eigenvalue weighted by molar-refractivity contribution is -0.133. The third-order valence-corrected chi connectivity index (χ3v) is 6.87. The molecule has 3 aromatic carbocycles. The van der Waals surface area contributed by atoms with Crippen LogP contribution in [0.1, 0.15) is 34.5 Å². The largest absolute Gasteiger partial charge is 0.467 e. The van der Waals surface area contributed by atoms with E-state index < -0.39 is 0 Å². The average molecular weight is 527 g/mol. The zero-order chi connectivity index (χ0) is 27.0. The number of hydrogen-bond acceptors (Lipinski definition) is 4. The first-order valence-electron chi connectivity index (χ1n) is 13.2. The van der Waals surface area contributed by atoms with Gasteiger partial charge >= 0.3 is 0 Å². The van der Waals surface area contributed by atoms with Crippen LogP contribution in [-0.2, 0) is 22.6 Å². The summed E-state index contributed by atoms with van der Waals surface area (Å²) in [6, 6.07) is 27.0. The lowest BCUT2D eigenvalue weighted by Gasteiger charge is -2.29. The van der Waals surface area contributed by atoms with E-state index in [1.54, 1.807) is 52.5 Å². The minimum absolute atomic E-state index is 0.110. The molecule has 1 aliphatic rings. The molecule has 0 N–H and O–H groups in total. The molecule has 1 fully saturated rings. The van der Waals surface area contributed by atoms with E-state index in [-0.39, 0.29) is 43.4 Å². The Labute approximate surface area is 227 Å². The molecule has 39 heavy (non-hydrogen) atoms. The quantitative estimate of drug-likeness (QED) is 0.257. The maximum Gasteiger partial charge on any atom is 0.254 e. The molecule has 1 atom stereocenters. The monoisotopic (exact) mass is 526 g/mol. The van der Waals surface area contributed by atoms with Gasteiger partial charge in [0, 0.05) is 25.3 Å². The van der Waals surface area contributed by atoms with Crippen LogP contribution in [0, 0.1) is 5.82 Å². The van der Waals surface area contributed by atoms with Gasteiger partial charge in [0.25, 0.3) is 5.91 Å². The number of amides is 2. The van der Waals surface area contributed by atoms with Crippen LogP contribution < -0.4 is 0 Å². The van der Waals surface area contributed by atoms with Crippen LogP contribution >= 0.6 is 0 Å². The van der Waals surface area contributed by atoms with E-state index in [9.17, 15) is 14.0 Å². The van der Waals surface area contributed by atoms with Crippen molar-refractivity contribution < 1.29 is 23.1 Å². The molecule has 0 spiro atoms. The van der Waals surface area contributed by atoms with Crippen molar-refractivity contribution in [3.8, 4) is 11.1 Å². The van der Waals surface area contributed by atoms with Crippen molar-refractivity contribution in [1.82, 2.24) is 9.80 Å². The van der Waals surface area contributed by atoms with Crippen molar-refractivity contribution in [2.24, 2.45) is 0 Å². The molecule has 2 amide bonds. The molecule has 0 saturated carbocycles. The van der Waals surface area contributed by atoms with Crippen LogP contribution in [0.5, 0.6) is 0 Å². The number of hydrogen-bond donors (Lipinski definition) is 0. The van der Waals surface area contributed by atoms with Gasteiger partial charge in [-0.05, 0) is 65.9 Å². The number of furan rings is 1. The smallest absolute Gasteiger partial charge is 0.254 e. The Hall–Kier alpha value is -4.23. The summed E-state index contributed by atoms with van der Waals surface area (Å²) >= 11 is 0. The highest BCUT2D eigenvalue weighted by atomic mass is 19.1. The molecule has 1 aliphatic heterocycles. The summed E-state index contributed by atoms with van der Waals surface area (Å²) in [5, 5.41) is 0. The summed E-state index contributed by atoms with van der Waals surface area (Å²) < 4.78 is 24.8. The van der Waals surface area contributed by atoms with Crippen LogP contribution in [0.15, 0.2) is 102 Å². The number of ether oxygens (including phenoxy) is 1. The zero-order valence-electron chi connectivity index (χ0n) is 21.7. The van der Waals surface area contributed by atoms with E-state index in [4.69, 9.17) is 9.15 Å². The Kier molecular flexibility index (Phi) is 8.48. The average Bonchev–Trinajstić information content (AvgIpc) is 3.68. The number of carbonyl (C=O) groups is 2. The van der Waals surface area contributed by atoms with Gasteiger partial charge in [-0.15, -0.1) is 0 Å². The van der Waals surface area contributed by atoms with Crippen LogP contribution in [0.25, 0.3) is 11.1 Å². The van der Waals surface area contributed by atoms with Gasteiger partial charge in [-0.1, -0.05) is 54.6 Å². The van der Waals surface area contributed by atoms with Gasteiger partial charge in [-0.25, -0.2) is 4.39 Å². The topological polar surface area (TPSA) is 63.0 Å². The van der Waals surface area contributed by atoms with E-state index in [0.29, 0.717) is 24.5 Å². The summed E-state index contributed by atoms with van der Waals surface area (Å²) in [6.45, 7) is 1.36. The molecular weight excluding hydrogens is 495 g/mol. The molecule has 1 saturated heterocycles. The molecule has 7 heteroatoms. The second-order valence-corrected chi connectivity index (χ2v) is 9.72. The van der Waals surface area contributed by atoms with E-state index in [1.807, 2.05) is 42.5 Å². The summed E-state index contributed by atoms with van der Waals surface area (Å²) in [5.74, 6) is -0.172. The standard InChI is InChI=1S/C32H31FN2O4/c33-28-16-10-24(11-17-28)20-34(21-29-8-4-18-38-29)31(36)23-35(22-30-9-5-19-39-30)32(37)27-14-12-26(13-15-27)25-6-2-1-3-7-25/h1-4,6-8,10-18,30H,5,9,19-23H2. The second kappa shape index (κ2) is 12.5. The third kappa shape index (κ3) is 7.00. The first-order valence-corrected chi connectivity index (χ1v) is 13.2. The van der Waals surface area contributed by atoms with Gasteiger partial charge in [0.05, 0.1) is 18.9 Å². The highest BCUT2D eigenvalue weighted by molar-refractivity contribution is 5.97. The Morgan fingerprint density at radius 3 is 2.23 bits per heavy atom. The predicted molar refractivity (Wildman–Crippen MR) is 146 cm³/mol. The number of halogens is 1. The van der Waals surface area contributed by atoms with Crippen molar-refractivity contribution in [2.45, 2.75) is 32.0 Å². The van der Waals surface area contributed by atoms with Crippen molar-refractivity contribution in [1.29, 1.82) is 0 Å². The van der Waals surface area contributed by atoms with Crippen molar-refractivity contribution in [2.75, 3.05) is 19.7 Å². The maximum absolute atomic E-state index is 13.7. The van der Waals surface area contributed by atoms with Crippen molar-refractivity contribution in [3.05, 3.63) is 120 Å². The van der Waals surface area contributed by atoms with Crippen LogP contribution in [-0.4, -0.2) is 47.4 Å². The van der Waals surface area contributed by atoms with Crippen molar-refractivity contribution in [3.63, 3.8) is 0 Å². The van der Waals surface area contributed by atoms with E-state index in [2.05, 4.69) is 0 Å². The molecule has 1 aromatic heterocycles. The van der Waals surface area contributed by atoms with Gasteiger partial charge < -0.3 is 19.0 Å². The summed E-state index contributed by atoms with van der Waals surface area (Å²) in [6.07, 6.45) is 3.22. The number of nitrogens with zero attached hydrogens (tertiary/aromatic N) is 2. The Bertz CT molecular complexity index is 1350. The SMILES string of the molecule is O=C(CN(CC1CCCO1)C(=O)c1ccc(-c2ccccc2)cc1)N(Cc1ccc(F)cc1)Cc1ccco1. The van der Waals surface area contributed by atoms with Crippen LogP contribution in [0.4, 0.5) is 4.39 Å². The van der Waals surface area contributed by atoms with E-state index in [1.165, 1.54) is 12.1 Å². The fourth-order valence-corrected chi connectivity index (χ4v) is 4.77. The molecule has 0 radical (unpaired) electrons. The van der Waals surface area contributed by atoms with Crippen LogP contribution in [0.2, 0.25) is 0 Å². The maximum atomic E-state index is 13.7. The first kappa shape index (κ1) is 26.4. The predicted octanol–water partition coefficient (Wildman–Crippen LogP) is 5.94. The van der Waals surface area contributed by atoms with Crippen molar-refractivity contribution >= 4 is 11.8 Å². The molecule has 6 nitrogen and oxygen atoms in total. The van der Waals surface area contributed by atoms with Gasteiger partial charge in [-0.3, -0.25) is 9.59 Å². The molecule has 0 aliphatic carbocycles. The highest BCUT2D eigenvalue weighted by Gasteiger charge is 2.27. The first-order chi connectivity index (χ1) is 19.0. The number of benzene rings is 3. The lowest BCUT2D eigenvalue weighted by atomic mass is 10.0. The Morgan fingerprint density at radius 2 is 1.56 bits per heavy atom. The Morgan fingerprint density at radius 1 is 0.821 bits per heavy atom.